The molecule has 0 fully saturated rings. The number of thiazole rings is 1. The molecule has 0 atom stereocenters. The average molecular weight is 461 g/mol. The highest BCUT2D eigenvalue weighted by atomic mass is 32.1. The van der Waals surface area contributed by atoms with Crippen molar-refractivity contribution < 1.29 is 18.7 Å². The van der Waals surface area contributed by atoms with Crippen LogP contribution in [-0.4, -0.2) is 18.0 Å². The van der Waals surface area contributed by atoms with Crippen molar-refractivity contribution in [2.45, 2.75) is 6.61 Å². The smallest absolute Gasteiger partial charge is 0.250 e. The van der Waals surface area contributed by atoms with Gasteiger partial charge in [0.2, 0.25) is 5.91 Å². The predicted octanol–water partition coefficient (Wildman–Crippen LogP) is 6.19. The number of rotatable bonds is 8. The fourth-order valence-corrected chi connectivity index (χ4v) is 3.69. The Morgan fingerprint density at radius 3 is 2.39 bits per heavy atom. The lowest BCUT2D eigenvalue weighted by Crippen LogP contribution is -2.07. The number of benzene rings is 3. The quantitative estimate of drug-likeness (QED) is 0.319. The van der Waals surface area contributed by atoms with E-state index in [0.29, 0.717) is 17.5 Å². The summed E-state index contributed by atoms with van der Waals surface area (Å²) >= 11 is 1.37. The van der Waals surface area contributed by atoms with Crippen LogP contribution in [0.1, 0.15) is 11.1 Å². The van der Waals surface area contributed by atoms with Crippen LogP contribution in [0.3, 0.4) is 0 Å². The van der Waals surface area contributed by atoms with Crippen molar-refractivity contribution >= 4 is 28.5 Å². The number of methoxy groups -OCH3 is 1. The zero-order valence-corrected chi connectivity index (χ0v) is 18.6. The van der Waals surface area contributed by atoms with Crippen LogP contribution in [0.4, 0.5) is 9.52 Å². The van der Waals surface area contributed by atoms with Crippen molar-refractivity contribution in [1.29, 1.82) is 0 Å². The molecule has 4 aromatic rings. The second-order valence-electron chi connectivity index (χ2n) is 7.07. The van der Waals surface area contributed by atoms with E-state index in [9.17, 15) is 9.18 Å². The highest BCUT2D eigenvalue weighted by Crippen LogP contribution is 2.26. The molecular weight excluding hydrogens is 439 g/mol. The minimum Gasteiger partial charge on any atom is -0.497 e. The standard InChI is InChI=1S/C26H21FN2O3S/c1-31-22-13-7-20(8-14-22)24-17-33-26(28-24)29-25(30)15-6-18-4-11-23(12-5-18)32-16-19-2-9-21(27)10-3-19/h2-15,17H,16H2,1H3,(H,28,29,30)/b15-6+. The van der Waals surface area contributed by atoms with Gasteiger partial charge in [-0.1, -0.05) is 24.3 Å². The Labute approximate surface area is 195 Å². The number of nitrogens with zero attached hydrogens (tertiary/aromatic N) is 1. The van der Waals surface area contributed by atoms with Gasteiger partial charge in [0.05, 0.1) is 12.8 Å². The Morgan fingerprint density at radius 2 is 1.70 bits per heavy atom. The Bertz CT molecular complexity index is 1230. The van der Waals surface area contributed by atoms with E-state index in [2.05, 4.69) is 10.3 Å². The molecule has 1 aromatic heterocycles. The number of carbonyl (C=O) groups is 1. The number of halogens is 1. The maximum absolute atomic E-state index is 13.0. The molecule has 0 spiro atoms. The number of anilines is 1. The van der Waals surface area contributed by atoms with Crippen molar-refractivity contribution in [3.05, 3.63) is 101 Å². The molecule has 0 aliphatic carbocycles. The monoisotopic (exact) mass is 460 g/mol. The Balaban J connectivity index is 1.29. The predicted molar refractivity (Wildman–Crippen MR) is 129 cm³/mol. The molecule has 0 bridgehead atoms. The number of hydrogen-bond acceptors (Lipinski definition) is 5. The first-order valence-electron chi connectivity index (χ1n) is 10.2. The SMILES string of the molecule is COc1ccc(-c2csc(NC(=O)/C=C/c3ccc(OCc4ccc(F)cc4)cc3)n2)cc1. The summed E-state index contributed by atoms with van der Waals surface area (Å²) in [5.41, 5.74) is 3.48. The first-order chi connectivity index (χ1) is 16.1. The van der Waals surface area contributed by atoms with Gasteiger partial charge >= 0.3 is 0 Å². The number of hydrogen-bond donors (Lipinski definition) is 1. The van der Waals surface area contributed by atoms with E-state index in [1.54, 1.807) is 25.3 Å². The van der Waals surface area contributed by atoms with Crippen LogP contribution in [0, 0.1) is 5.82 Å². The molecule has 1 amide bonds. The first-order valence-corrected chi connectivity index (χ1v) is 11.0. The minimum atomic E-state index is -0.272. The lowest BCUT2D eigenvalue weighted by atomic mass is 10.2. The summed E-state index contributed by atoms with van der Waals surface area (Å²) in [7, 11) is 1.62. The maximum atomic E-state index is 13.0. The molecule has 0 saturated carbocycles. The molecule has 7 heteroatoms. The van der Waals surface area contributed by atoms with Crippen LogP contribution >= 0.6 is 11.3 Å². The normalized spacial score (nSPS) is 10.8. The molecule has 0 unspecified atom stereocenters. The highest BCUT2D eigenvalue weighted by molar-refractivity contribution is 7.14. The fourth-order valence-electron chi connectivity index (χ4n) is 2.97. The number of ether oxygens (including phenoxy) is 2. The van der Waals surface area contributed by atoms with E-state index in [1.807, 2.05) is 53.9 Å². The van der Waals surface area contributed by atoms with Crippen LogP contribution in [0.5, 0.6) is 11.5 Å². The van der Waals surface area contributed by atoms with Crippen molar-refractivity contribution in [3.63, 3.8) is 0 Å². The molecule has 0 radical (unpaired) electrons. The van der Waals surface area contributed by atoms with Gasteiger partial charge in [0.15, 0.2) is 5.13 Å². The Kier molecular flexibility index (Phi) is 7.12. The van der Waals surface area contributed by atoms with Crippen LogP contribution in [0.15, 0.2) is 84.3 Å². The number of amides is 1. The molecule has 0 aliphatic rings. The highest BCUT2D eigenvalue weighted by Gasteiger charge is 2.07. The first kappa shape index (κ1) is 22.2. The average Bonchev–Trinajstić information content (AvgIpc) is 3.31. The Hall–Kier alpha value is -3.97. The molecule has 1 heterocycles. The molecule has 166 valence electrons. The Morgan fingerprint density at radius 1 is 1.00 bits per heavy atom. The van der Waals surface area contributed by atoms with Crippen LogP contribution in [0.2, 0.25) is 0 Å². The van der Waals surface area contributed by atoms with Gasteiger partial charge in [-0.2, -0.15) is 0 Å². The summed E-state index contributed by atoms with van der Waals surface area (Å²) in [5.74, 6) is 0.934. The molecule has 0 aliphatic heterocycles. The second kappa shape index (κ2) is 10.6. The van der Waals surface area contributed by atoms with Crippen molar-refractivity contribution in [3.8, 4) is 22.8 Å². The maximum Gasteiger partial charge on any atom is 0.250 e. The van der Waals surface area contributed by atoms with Gasteiger partial charge in [-0.05, 0) is 65.7 Å². The van der Waals surface area contributed by atoms with Crippen molar-refractivity contribution in [1.82, 2.24) is 4.98 Å². The minimum absolute atomic E-state index is 0.262. The largest absolute Gasteiger partial charge is 0.497 e. The molecular formula is C26H21FN2O3S. The molecule has 0 saturated heterocycles. The third kappa shape index (κ3) is 6.27. The van der Waals surface area contributed by atoms with Crippen LogP contribution in [-0.2, 0) is 11.4 Å². The fraction of sp³-hybridized carbons (Fsp3) is 0.0769. The lowest BCUT2D eigenvalue weighted by molar-refractivity contribution is -0.111. The van der Waals surface area contributed by atoms with Crippen molar-refractivity contribution in [2.24, 2.45) is 0 Å². The van der Waals surface area contributed by atoms with Gasteiger partial charge in [-0.25, -0.2) is 9.37 Å². The van der Waals surface area contributed by atoms with Gasteiger partial charge in [-0.3, -0.25) is 10.1 Å². The van der Waals surface area contributed by atoms with Gasteiger partial charge in [0.1, 0.15) is 23.9 Å². The summed E-state index contributed by atoms with van der Waals surface area (Å²) in [4.78, 5) is 16.7. The molecule has 4 rings (SSSR count). The summed E-state index contributed by atoms with van der Waals surface area (Å²) in [6, 6.07) is 21.1. The third-order valence-electron chi connectivity index (χ3n) is 4.75. The van der Waals surface area contributed by atoms with Gasteiger partial charge in [-0.15, -0.1) is 11.3 Å². The van der Waals surface area contributed by atoms with Gasteiger partial charge in [0.25, 0.3) is 0 Å². The summed E-state index contributed by atoms with van der Waals surface area (Å²) < 4.78 is 23.8. The second-order valence-corrected chi connectivity index (χ2v) is 7.93. The summed E-state index contributed by atoms with van der Waals surface area (Å²) in [6.07, 6.45) is 3.18. The number of carbonyl (C=O) groups excluding carboxylic acids is 1. The van der Waals surface area contributed by atoms with E-state index >= 15 is 0 Å². The number of aromatic nitrogens is 1. The van der Waals surface area contributed by atoms with E-state index in [0.717, 1.165) is 28.1 Å². The molecule has 3 aromatic carbocycles. The molecule has 33 heavy (non-hydrogen) atoms. The van der Waals surface area contributed by atoms with Crippen LogP contribution < -0.4 is 14.8 Å². The lowest BCUT2D eigenvalue weighted by Gasteiger charge is -2.06. The third-order valence-corrected chi connectivity index (χ3v) is 5.50. The summed E-state index contributed by atoms with van der Waals surface area (Å²) in [6.45, 7) is 0.351. The van der Waals surface area contributed by atoms with Crippen molar-refractivity contribution in [2.75, 3.05) is 12.4 Å². The van der Waals surface area contributed by atoms with E-state index in [4.69, 9.17) is 9.47 Å². The molecule has 1 N–H and O–H groups in total. The summed E-state index contributed by atoms with van der Waals surface area (Å²) in [5, 5.41) is 5.21. The van der Waals surface area contributed by atoms with Crippen LogP contribution in [0.25, 0.3) is 17.3 Å². The zero-order chi connectivity index (χ0) is 23.0. The van der Waals surface area contributed by atoms with E-state index in [1.165, 1.54) is 29.5 Å². The zero-order valence-electron chi connectivity index (χ0n) is 17.8. The van der Waals surface area contributed by atoms with E-state index in [-0.39, 0.29) is 11.7 Å². The van der Waals surface area contributed by atoms with E-state index < -0.39 is 0 Å². The number of nitrogens with one attached hydrogen (secondary N) is 1. The van der Waals surface area contributed by atoms with Gasteiger partial charge in [0, 0.05) is 17.0 Å². The topological polar surface area (TPSA) is 60.5 Å². The van der Waals surface area contributed by atoms with Gasteiger partial charge < -0.3 is 9.47 Å². The molecule has 5 nitrogen and oxygen atoms in total.